The fraction of sp³-hybridized carbons (Fsp3) is 0.458. The molecule has 1 amide bonds. The maximum atomic E-state index is 12.9. The second-order valence-electron chi connectivity index (χ2n) is 9.08. The molecule has 1 aromatic carbocycles. The maximum Gasteiger partial charge on any atom is 0.573 e. The van der Waals surface area contributed by atoms with E-state index in [0.717, 1.165) is 17.8 Å². The standard InChI is InChI=1S/C24H26F3N5O5/c25-24(26,27)37-18-3-1-15(2-4-18)22(34)30-7-5-16(6-8-30)32-20-11-17(12-28-21(20)29-23(32)35)31-9-10-36-19(13-31)14-33/h1-4,11-12,16,19,33H,5-10,13-14H2,(H,28,29,35). The molecule has 198 valence electrons. The van der Waals surface area contributed by atoms with Gasteiger partial charge in [-0.15, -0.1) is 13.2 Å². The summed E-state index contributed by atoms with van der Waals surface area (Å²) in [6.45, 7) is 2.33. The number of alkyl halides is 3. The highest BCUT2D eigenvalue weighted by molar-refractivity contribution is 5.94. The van der Waals surface area contributed by atoms with Crippen LogP contribution in [0, 0.1) is 0 Å². The molecule has 0 bridgehead atoms. The molecule has 2 N–H and O–H groups in total. The number of carbonyl (C=O) groups excluding carboxylic acids is 1. The van der Waals surface area contributed by atoms with Gasteiger partial charge in [0, 0.05) is 37.8 Å². The van der Waals surface area contributed by atoms with Gasteiger partial charge in [0.2, 0.25) is 0 Å². The summed E-state index contributed by atoms with van der Waals surface area (Å²) in [6.07, 6.45) is -2.33. The molecule has 5 rings (SSSR count). The molecule has 1 atom stereocenters. The molecule has 0 radical (unpaired) electrons. The largest absolute Gasteiger partial charge is 0.573 e. The number of hydrogen-bond acceptors (Lipinski definition) is 7. The van der Waals surface area contributed by atoms with Crippen molar-refractivity contribution in [3.05, 3.63) is 52.6 Å². The Balaban J connectivity index is 1.28. The number of aliphatic hydroxyl groups excluding tert-OH is 1. The van der Waals surface area contributed by atoms with E-state index in [9.17, 15) is 27.9 Å². The number of hydrogen-bond donors (Lipinski definition) is 2. The van der Waals surface area contributed by atoms with Crippen LogP contribution in [0.4, 0.5) is 18.9 Å². The predicted octanol–water partition coefficient (Wildman–Crippen LogP) is 2.30. The number of benzene rings is 1. The van der Waals surface area contributed by atoms with Gasteiger partial charge in [-0.2, -0.15) is 0 Å². The fourth-order valence-corrected chi connectivity index (χ4v) is 4.90. The van der Waals surface area contributed by atoms with Crippen molar-refractivity contribution in [1.82, 2.24) is 19.4 Å². The highest BCUT2D eigenvalue weighted by Gasteiger charge is 2.31. The molecule has 13 heteroatoms. The lowest BCUT2D eigenvalue weighted by Gasteiger charge is -2.34. The van der Waals surface area contributed by atoms with Crippen molar-refractivity contribution in [3.63, 3.8) is 0 Å². The Kier molecular flexibility index (Phi) is 6.82. The van der Waals surface area contributed by atoms with Gasteiger partial charge in [-0.25, -0.2) is 9.78 Å². The van der Waals surface area contributed by atoms with E-state index in [1.807, 2.05) is 6.07 Å². The SMILES string of the molecule is O=C(c1ccc(OC(F)(F)F)cc1)N1CCC(n2c(=O)[nH]c3ncc(N4CCOC(CO)C4)cc32)CC1. The minimum absolute atomic E-state index is 0.0796. The number of piperidine rings is 1. The van der Waals surface area contributed by atoms with Crippen LogP contribution in [0.1, 0.15) is 29.2 Å². The number of morpholine rings is 1. The number of nitrogens with zero attached hydrogens (tertiary/aromatic N) is 4. The number of aromatic amines is 1. The summed E-state index contributed by atoms with van der Waals surface area (Å²) in [5.74, 6) is -0.684. The summed E-state index contributed by atoms with van der Waals surface area (Å²) in [4.78, 5) is 36.6. The van der Waals surface area contributed by atoms with Crippen LogP contribution in [0.15, 0.2) is 41.3 Å². The predicted molar refractivity (Wildman–Crippen MR) is 127 cm³/mol. The number of nitrogens with one attached hydrogen (secondary N) is 1. The highest BCUT2D eigenvalue weighted by Crippen LogP contribution is 2.28. The number of likely N-dealkylation sites (tertiary alicyclic amines) is 1. The van der Waals surface area contributed by atoms with Crippen molar-refractivity contribution in [3.8, 4) is 5.75 Å². The Labute approximate surface area is 209 Å². The van der Waals surface area contributed by atoms with E-state index in [1.54, 1.807) is 15.7 Å². The molecular weight excluding hydrogens is 495 g/mol. The number of carbonyl (C=O) groups is 1. The maximum absolute atomic E-state index is 12.9. The van der Waals surface area contributed by atoms with Gasteiger partial charge in [0.05, 0.1) is 36.7 Å². The molecule has 0 aliphatic carbocycles. The third kappa shape index (κ3) is 5.42. The molecule has 10 nitrogen and oxygen atoms in total. The number of rotatable bonds is 5. The third-order valence-electron chi connectivity index (χ3n) is 6.72. The van der Waals surface area contributed by atoms with Crippen LogP contribution in [-0.4, -0.2) is 82.3 Å². The summed E-state index contributed by atoms with van der Waals surface area (Å²) in [6, 6.07) is 6.59. The van der Waals surface area contributed by atoms with Gasteiger partial charge in [-0.3, -0.25) is 14.3 Å². The quantitative estimate of drug-likeness (QED) is 0.530. The Bertz CT molecular complexity index is 1320. The normalized spacial score (nSPS) is 19.4. The number of anilines is 1. The molecule has 2 aromatic heterocycles. The topological polar surface area (TPSA) is 113 Å². The molecule has 0 spiro atoms. The second-order valence-corrected chi connectivity index (χ2v) is 9.08. The number of aromatic nitrogens is 3. The third-order valence-corrected chi connectivity index (χ3v) is 6.72. The van der Waals surface area contributed by atoms with Crippen molar-refractivity contribution in [2.75, 3.05) is 44.3 Å². The van der Waals surface area contributed by atoms with Crippen molar-refractivity contribution < 1.29 is 32.5 Å². The lowest BCUT2D eigenvalue weighted by molar-refractivity contribution is -0.274. The average molecular weight is 521 g/mol. The molecule has 0 saturated carbocycles. The highest BCUT2D eigenvalue weighted by atomic mass is 19.4. The van der Waals surface area contributed by atoms with Gasteiger partial charge >= 0.3 is 12.1 Å². The van der Waals surface area contributed by atoms with E-state index >= 15 is 0 Å². The first-order valence-electron chi connectivity index (χ1n) is 11.9. The van der Waals surface area contributed by atoms with E-state index in [0.29, 0.717) is 56.8 Å². The minimum Gasteiger partial charge on any atom is -0.406 e. The lowest BCUT2D eigenvalue weighted by atomic mass is 10.0. The summed E-state index contributed by atoms with van der Waals surface area (Å²) in [7, 11) is 0. The molecule has 2 fully saturated rings. The van der Waals surface area contributed by atoms with E-state index in [4.69, 9.17) is 4.74 Å². The molecular formula is C24H26F3N5O5. The Morgan fingerprint density at radius 2 is 1.92 bits per heavy atom. The number of halogens is 3. The number of imidazole rings is 1. The van der Waals surface area contributed by atoms with Crippen LogP contribution >= 0.6 is 0 Å². The number of H-pyrrole nitrogens is 1. The Morgan fingerprint density at radius 3 is 2.59 bits per heavy atom. The van der Waals surface area contributed by atoms with Crippen LogP contribution < -0.4 is 15.3 Å². The lowest BCUT2D eigenvalue weighted by Crippen LogP contribution is -2.44. The zero-order valence-electron chi connectivity index (χ0n) is 19.8. The molecule has 3 aromatic rings. The van der Waals surface area contributed by atoms with Gasteiger partial charge in [0.15, 0.2) is 5.65 Å². The molecule has 1 unspecified atom stereocenters. The smallest absolute Gasteiger partial charge is 0.406 e. The van der Waals surface area contributed by atoms with E-state index in [1.165, 1.54) is 12.1 Å². The summed E-state index contributed by atoms with van der Waals surface area (Å²) in [5, 5.41) is 9.44. The van der Waals surface area contributed by atoms with Crippen molar-refractivity contribution in [2.45, 2.75) is 31.3 Å². The molecule has 2 aliphatic rings. The second kappa shape index (κ2) is 10.1. The van der Waals surface area contributed by atoms with Gasteiger partial charge in [0.1, 0.15) is 5.75 Å². The van der Waals surface area contributed by atoms with Gasteiger partial charge < -0.3 is 24.4 Å². The van der Waals surface area contributed by atoms with Gasteiger partial charge in [-0.05, 0) is 43.2 Å². The van der Waals surface area contributed by atoms with Crippen LogP contribution in [0.2, 0.25) is 0 Å². The minimum atomic E-state index is -4.80. The van der Waals surface area contributed by atoms with Gasteiger partial charge in [0.25, 0.3) is 5.91 Å². The number of amides is 1. The fourth-order valence-electron chi connectivity index (χ4n) is 4.90. The van der Waals surface area contributed by atoms with Gasteiger partial charge in [-0.1, -0.05) is 0 Å². The monoisotopic (exact) mass is 521 g/mol. The Hall–Kier alpha value is -3.58. The first-order chi connectivity index (χ1) is 17.7. The van der Waals surface area contributed by atoms with E-state index < -0.39 is 12.1 Å². The van der Waals surface area contributed by atoms with Crippen LogP contribution in [-0.2, 0) is 4.74 Å². The van der Waals surface area contributed by atoms with Crippen LogP contribution in [0.5, 0.6) is 5.75 Å². The van der Waals surface area contributed by atoms with E-state index in [-0.39, 0.29) is 35.9 Å². The number of aliphatic hydroxyl groups is 1. The molecule has 2 aliphatic heterocycles. The van der Waals surface area contributed by atoms with Crippen LogP contribution in [0.3, 0.4) is 0 Å². The molecule has 2 saturated heterocycles. The first-order valence-corrected chi connectivity index (χ1v) is 11.9. The Morgan fingerprint density at radius 1 is 1.19 bits per heavy atom. The zero-order valence-corrected chi connectivity index (χ0v) is 19.8. The summed E-state index contributed by atoms with van der Waals surface area (Å²) in [5.41, 5.74) is 1.95. The number of ether oxygens (including phenoxy) is 2. The average Bonchev–Trinajstić information content (AvgIpc) is 3.22. The molecule has 4 heterocycles. The first kappa shape index (κ1) is 25.1. The van der Waals surface area contributed by atoms with Crippen molar-refractivity contribution in [2.24, 2.45) is 0 Å². The van der Waals surface area contributed by atoms with Crippen molar-refractivity contribution >= 4 is 22.8 Å². The number of fused-ring (bicyclic) bond motifs is 1. The molecule has 37 heavy (non-hydrogen) atoms. The van der Waals surface area contributed by atoms with E-state index in [2.05, 4.69) is 19.6 Å². The van der Waals surface area contributed by atoms with Crippen molar-refractivity contribution in [1.29, 1.82) is 0 Å². The van der Waals surface area contributed by atoms with Crippen LogP contribution in [0.25, 0.3) is 11.2 Å². The summed E-state index contributed by atoms with van der Waals surface area (Å²) < 4.78 is 48.2. The number of pyridine rings is 1. The zero-order chi connectivity index (χ0) is 26.2. The summed E-state index contributed by atoms with van der Waals surface area (Å²) >= 11 is 0.